The third-order valence-electron chi connectivity index (χ3n) is 4.91. The van der Waals surface area contributed by atoms with Crippen LogP contribution in [0.3, 0.4) is 0 Å². The van der Waals surface area contributed by atoms with Gasteiger partial charge in [-0.1, -0.05) is 35.9 Å². The molecule has 0 saturated heterocycles. The van der Waals surface area contributed by atoms with Crippen LogP contribution in [0.5, 0.6) is 0 Å². The number of cyclic esters (lactones) is 1. The molecule has 2 aliphatic heterocycles. The summed E-state index contributed by atoms with van der Waals surface area (Å²) in [5, 5.41) is 5.96. The quantitative estimate of drug-likeness (QED) is 0.715. The first-order valence-electron chi connectivity index (χ1n) is 9.17. The van der Waals surface area contributed by atoms with E-state index in [9.17, 15) is 18.8 Å². The van der Waals surface area contributed by atoms with Crippen molar-refractivity contribution in [1.82, 2.24) is 15.5 Å². The fourth-order valence-electron chi connectivity index (χ4n) is 3.39. The molecule has 0 unspecified atom stereocenters. The van der Waals surface area contributed by atoms with Gasteiger partial charge in [0.15, 0.2) is 0 Å². The van der Waals surface area contributed by atoms with E-state index in [1.165, 1.54) is 17.0 Å². The molecular formula is C21H17ClFN3O4. The molecule has 30 heavy (non-hydrogen) atoms. The minimum Gasteiger partial charge on any atom is -0.456 e. The molecule has 2 aromatic rings. The Kier molecular flexibility index (Phi) is 5.41. The van der Waals surface area contributed by atoms with Crippen LogP contribution < -0.4 is 10.6 Å². The number of urea groups is 1. The van der Waals surface area contributed by atoms with Gasteiger partial charge in [0.25, 0.3) is 0 Å². The number of rotatable bonds is 5. The summed E-state index contributed by atoms with van der Waals surface area (Å²) < 4.78 is 18.1. The summed E-state index contributed by atoms with van der Waals surface area (Å²) in [6.45, 7) is -0.184. The second-order valence-corrected chi connectivity index (χ2v) is 7.30. The Labute approximate surface area is 176 Å². The first-order chi connectivity index (χ1) is 14.4. The molecule has 0 spiro atoms. The minimum atomic E-state index is -0.682. The maximum atomic E-state index is 13.0. The molecular weight excluding hydrogens is 413 g/mol. The lowest BCUT2D eigenvalue weighted by molar-refractivity contribution is -0.136. The maximum absolute atomic E-state index is 13.0. The van der Waals surface area contributed by atoms with Crippen LogP contribution in [0, 0.1) is 5.82 Å². The van der Waals surface area contributed by atoms with Crippen LogP contribution >= 0.6 is 11.6 Å². The molecule has 3 amide bonds. The van der Waals surface area contributed by atoms with Crippen LogP contribution in [0.25, 0.3) is 0 Å². The molecule has 7 nitrogen and oxygen atoms in total. The number of carbonyl (C=O) groups is 3. The second kappa shape index (κ2) is 8.16. The van der Waals surface area contributed by atoms with E-state index in [1.54, 1.807) is 36.4 Å². The Morgan fingerprint density at radius 1 is 1.17 bits per heavy atom. The summed E-state index contributed by atoms with van der Waals surface area (Å²) in [4.78, 5) is 38.6. The average Bonchev–Trinajstić information content (AvgIpc) is 3.12. The smallest absolute Gasteiger partial charge is 0.338 e. The molecule has 0 bridgehead atoms. The fraction of sp³-hybridized carbons (Fsp3) is 0.190. The van der Waals surface area contributed by atoms with E-state index >= 15 is 0 Å². The molecule has 2 aromatic carbocycles. The van der Waals surface area contributed by atoms with E-state index < -0.39 is 23.9 Å². The van der Waals surface area contributed by atoms with Crippen molar-refractivity contribution in [1.29, 1.82) is 0 Å². The predicted molar refractivity (Wildman–Crippen MR) is 106 cm³/mol. The van der Waals surface area contributed by atoms with Crippen molar-refractivity contribution < 1.29 is 23.5 Å². The van der Waals surface area contributed by atoms with Crippen LogP contribution in [0.4, 0.5) is 9.18 Å². The van der Waals surface area contributed by atoms with Gasteiger partial charge in [-0.15, -0.1) is 0 Å². The molecule has 0 fully saturated rings. The zero-order valence-corrected chi connectivity index (χ0v) is 16.4. The highest BCUT2D eigenvalue weighted by atomic mass is 35.5. The third kappa shape index (κ3) is 3.99. The fourth-order valence-corrected chi connectivity index (χ4v) is 3.51. The molecule has 2 heterocycles. The number of hydrogen-bond acceptors (Lipinski definition) is 4. The number of nitrogens with one attached hydrogen (secondary N) is 2. The highest BCUT2D eigenvalue weighted by molar-refractivity contribution is 6.30. The maximum Gasteiger partial charge on any atom is 0.338 e. The molecule has 0 saturated carbocycles. The Bertz CT molecular complexity index is 1040. The molecule has 154 valence electrons. The van der Waals surface area contributed by atoms with E-state index in [2.05, 4.69) is 10.6 Å². The zero-order valence-electron chi connectivity index (χ0n) is 15.7. The molecule has 9 heteroatoms. The van der Waals surface area contributed by atoms with Gasteiger partial charge in [0, 0.05) is 11.6 Å². The molecule has 0 radical (unpaired) electrons. The van der Waals surface area contributed by atoms with Crippen molar-refractivity contribution in [2.24, 2.45) is 0 Å². The number of hydrogen-bond donors (Lipinski definition) is 2. The van der Waals surface area contributed by atoms with Crippen LogP contribution in [-0.2, 0) is 20.9 Å². The Hall–Kier alpha value is -3.39. The minimum absolute atomic E-state index is 0.0864. The number of ether oxygens (including phenoxy) is 1. The first-order valence-corrected chi connectivity index (χ1v) is 9.55. The van der Waals surface area contributed by atoms with Gasteiger partial charge in [0.05, 0.1) is 17.3 Å². The number of amides is 3. The monoisotopic (exact) mass is 429 g/mol. The number of carbonyl (C=O) groups excluding carboxylic acids is 3. The van der Waals surface area contributed by atoms with Crippen molar-refractivity contribution in [3.8, 4) is 0 Å². The topological polar surface area (TPSA) is 87.7 Å². The number of nitrogens with zero attached hydrogens (tertiary/aromatic N) is 1. The Morgan fingerprint density at radius 3 is 2.57 bits per heavy atom. The van der Waals surface area contributed by atoms with E-state index in [0.29, 0.717) is 21.9 Å². The summed E-state index contributed by atoms with van der Waals surface area (Å²) >= 11 is 5.92. The van der Waals surface area contributed by atoms with Gasteiger partial charge in [-0.2, -0.15) is 0 Å². The summed E-state index contributed by atoms with van der Waals surface area (Å²) in [6.07, 6.45) is 0. The predicted octanol–water partition coefficient (Wildman–Crippen LogP) is 2.67. The van der Waals surface area contributed by atoms with Crippen LogP contribution in [0.2, 0.25) is 5.02 Å². The van der Waals surface area contributed by atoms with Gasteiger partial charge in [-0.05, 0) is 35.4 Å². The van der Waals surface area contributed by atoms with Crippen molar-refractivity contribution in [2.45, 2.75) is 12.6 Å². The Balaban J connectivity index is 1.51. The van der Waals surface area contributed by atoms with E-state index in [1.807, 2.05) is 0 Å². The highest BCUT2D eigenvalue weighted by Crippen LogP contribution is 2.35. The second-order valence-electron chi connectivity index (χ2n) is 6.86. The molecule has 0 aliphatic carbocycles. The molecule has 0 aromatic heterocycles. The van der Waals surface area contributed by atoms with Gasteiger partial charge in [0.2, 0.25) is 5.91 Å². The molecule has 2 N–H and O–H groups in total. The average molecular weight is 430 g/mol. The van der Waals surface area contributed by atoms with Crippen molar-refractivity contribution >= 4 is 29.5 Å². The molecule has 4 rings (SSSR count). The van der Waals surface area contributed by atoms with Crippen molar-refractivity contribution in [3.63, 3.8) is 0 Å². The van der Waals surface area contributed by atoms with E-state index in [0.717, 1.165) is 5.56 Å². The van der Waals surface area contributed by atoms with Crippen molar-refractivity contribution in [3.05, 3.63) is 81.8 Å². The third-order valence-corrected chi connectivity index (χ3v) is 5.16. The van der Waals surface area contributed by atoms with Crippen LogP contribution in [0.15, 0.2) is 59.8 Å². The SMILES string of the molecule is O=C(CN1C(=O)N[C@@H](c2ccc(Cl)cc2)C2=C1COC2=O)NCc1ccc(F)cc1. The summed E-state index contributed by atoms with van der Waals surface area (Å²) in [5.41, 5.74) is 2.05. The number of benzene rings is 2. The standard InChI is InChI=1S/C21H17ClFN3O4/c22-14-5-3-13(4-6-14)19-18-16(11-30-20(18)28)26(21(29)25-19)10-17(27)24-9-12-1-7-15(23)8-2-12/h1-8,19H,9-11H2,(H,24,27)(H,25,29)/t19-/m0/s1. The van der Waals surface area contributed by atoms with Crippen LogP contribution in [0.1, 0.15) is 17.2 Å². The van der Waals surface area contributed by atoms with Gasteiger partial charge < -0.3 is 15.4 Å². The summed E-state index contributed by atoms with van der Waals surface area (Å²) in [5.74, 6) is -1.33. The van der Waals surface area contributed by atoms with Crippen LogP contribution in [-0.4, -0.2) is 36.0 Å². The normalized spacial score (nSPS) is 18.1. The Morgan fingerprint density at radius 2 is 1.87 bits per heavy atom. The van der Waals surface area contributed by atoms with Crippen molar-refractivity contribution in [2.75, 3.05) is 13.2 Å². The lowest BCUT2D eigenvalue weighted by Gasteiger charge is -2.32. The highest BCUT2D eigenvalue weighted by Gasteiger charge is 2.42. The summed E-state index contributed by atoms with van der Waals surface area (Å²) in [6, 6.07) is 11.3. The zero-order chi connectivity index (χ0) is 21.3. The number of halogens is 2. The first kappa shape index (κ1) is 19.9. The van der Waals surface area contributed by atoms with Gasteiger partial charge in [-0.25, -0.2) is 14.0 Å². The molecule has 2 aliphatic rings. The van der Waals surface area contributed by atoms with E-state index in [4.69, 9.17) is 16.3 Å². The van der Waals surface area contributed by atoms with Gasteiger partial charge in [0.1, 0.15) is 19.0 Å². The number of esters is 1. The van der Waals surface area contributed by atoms with Gasteiger partial charge in [-0.3, -0.25) is 9.69 Å². The largest absolute Gasteiger partial charge is 0.456 e. The summed E-state index contributed by atoms with van der Waals surface area (Å²) in [7, 11) is 0. The lowest BCUT2D eigenvalue weighted by atomic mass is 9.96. The van der Waals surface area contributed by atoms with E-state index in [-0.39, 0.29) is 25.5 Å². The molecule has 1 atom stereocenters. The lowest BCUT2D eigenvalue weighted by Crippen LogP contribution is -2.50. The van der Waals surface area contributed by atoms with Gasteiger partial charge >= 0.3 is 12.0 Å².